The molecule has 0 bridgehead atoms. The number of fused-ring (bicyclic) bond motifs is 1. The Labute approximate surface area is 121 Å². The minimum absolute atomic E-state index is 0. The van der Waals surface area contributed by atoms with E-state index >= 15 is 0 Å². The number of aryl methyl sites for hydroxylation is 1. The van der Waals surface area contributed by atoms with E-state index in [0.717, 1.165) is 13.0 Å². The van der Waals surface area contributed by atoms with Crippen LogP contribution in [-0.2, 0) is 12.0 Å². The van der Waals surface area contributed by atoms with Gasteiger partial charge in [0, 0.05) is 6.54 Å². The smallest absolute Gasteiger partial charge is 0.0664 e. The second-order valence-corrected chi connectivity index (χ2v) is 5.33. The minimum atomic E-state index is -0.0530. The third-order valence-electron chi connectivity index (χ3n) is 4.02. The van der Waals surface area contributed by atoms with Crippen LogP contribution < -0.4 is 5.32 Å². The highest BCUT2D eigenvalue weighted by Crippen LogP contribution is 2.34. The van der Waals surface area contributed by atoms with E-state index < -0.39 is 0 Å². The SMILES string of the molecule is Cc1ccc2c(c1)CCNC2(C)c1ccccc1.Cl. The van der Waals surface area contributed by atoms with E-state index in [9.17, 15) is 0 Å². The van der Waals surface area contributed by atoms with Crippen LogP contribution in [0.5, 0.6) is 0 Å². The number of halogens is 1. The van der Waals surface area contributed by atoms with Crippen LogP contribution >= 0.6 is 12.4 Å². The van der Waals surface area contributed by atoms with Crippen LogP contribution in [0, 0.1) is 6.92 Å². The molecule has 0 saturated carbocycles. The molecule has 1 heterocycles. The first-order valence-electron chi connectivity index (χ1n) is 6.61. The molecule has 1 nitrogen and oxygen atoms in total. The van der Waals surface area contributed by atoms with Crippen molar-refractivity contribution in [2.45, 2.75) is 25.8 Å². The molecule has 0 amide bonds. The average molecular weight is 274 g/mol. The van der Waals surface area contributed by atoms with Crippen LogP contribution in [-0.4, -0.2) is 6.54 Å². The van der Waals surface area contributed by atoms with Crippen LogP contribution in [0.1, 0.15) is 29.2 Å². The van der Waals surface area contributed by atoms with Crippen molar-refractivity contribution in [1.29, 1.82) is 0 Å². The second kappa shape index (κ2) is 5.36. The van der Waals surface area contributed by atoms with Gasteiger partial charge in [0.15, 0.2) is 0 Å². The van der Waals surface area contributed by atoms with Gasteiger partial charge in [-0.05, 0) is 37.0 Å². The molecule has 2 aromatic carbocycles. The van der Waals surface area contributed by atoms with Crippen molar-refractivity contribution < 1.29 is 0 Å². The maximum atomic E-state index is 3.69. The van der Waals surface area contributed by atoms with Crippen molar-refractivity contribution in [3.05, 3.63) is 70.8 Å². The van der Waals surface area contributed by atoms with Crippen LogP contribution in [0.25, 0.3) is 0 Å². The van der Waals surface area contributed by atoms with Crippen LogP contribution in [0.2, 0.25) is 0 Å². The summed E-state index contributed by atoms with van der Waals surface area (Å²) in [7, 11) is 0. The third-order valence-corrected chi connectivity index (χ3v) is 4.02. The van der Waals surface area contributed by atoms with Crippen LogP contribution in [0.15, 0.2) is 48.5 Å². The van der Waals surface area contributed by atoms with Gasteiger partial charge in [-0.3, -0.25) is 0 Å². The first kappa shape index (κ1) is 14.1. The van der Waals surface area contributed by atoms with Gasteiger partial charge in [-0.1, -0.05) is 54.1 Å². The summed E-state index contributed by atoms with van der Waals surface area (Å²) in [5.41, 5.74) is 5.55. The van der Waals surface area contributed by atoms with E-state index in [-0.39, 0.29) is 17.9 Å². The molecule has 2 aromatic rings. The Morgan fingerprint density at radius 2 is 1.79 bits per heavy atom. The summed E-state index contributed by atoms with van der Waals surface area (Å²) >= 11 is 0. The van der Waals surface area contributed by atoms with Crippen LogP contribution in [0.4, 0.5) is 0 Å². The fourth-order valence-electron chi connectivity index (χ4n) is 2.99. The fraction of sp³-hybridized carbons (Fsp3) is 0.294. The van der Waals surface area contributed by atoms with E-state index in [1.54, 1.807) is 0 Å². The van der Waals surface area contributed by atoms with Crippen molar-refractivity contribution >= 4 is 12.4 Å². The van der Waals surface area contributed by atoms with Gasteiger partial charge in [-0.25, -0.2) is 0 Å². The molecule has 1 atom stereocenters. The molecule has 1 unspecified atom stereocenters. The van der Waals surface area contributed by atoms with Crippen molar-refractivity contribution in [3.8, 4) is 0 Å². The molecule has 19 heavy (non-hydrogen) atoms. The zero-order chi connectivity index (χ0) is 12.6. The van der Waals surface area contributed by atoms with Gasteiger partial charge >= 0.3 is 0 Å². The lowest BCUT2D eigenvalue weighted by atomic mass is 9.78. The van der Waals surface area contributed by atoms with Gasteiger partial charge in [-0.2, -0.15) is 0 Å². The normalized spacial score (nSPS) is 21.4. The minimum Gasteiger partial charge on any atom is -0.304 e. The predicted octanol–water partition coefficient (Wildman–Crippen LogP) is 3.83. The summed E-state index contributed by atoms with van der Waals surface area (Å²) in [5.74, 6) is 0. The van der Waals surface area contributed by atoms with E-state index in [0.29, 0.717) is 0 Å². The molecule has 1 N–H and O–H groups in total. The van der Waals surface area contributed by atoms with Gasteiger partial charge < -0.3 is 5.32 Å². The lowest BCUT2D eigenvalue weighted by Gasteiger charge is -2.38. The van der Waals surface area contributed by atoms with Gasteiger partial charge in [0.25, 0.3) is 0 Å². The molecule has 0 aromatic heterocycles. The van der Waals surface area contributed by atoms with Gasteiger partial charge in [0.05, 0.1) is 5.54 Å². The maximum Gasteiger partial charge on any atom is 0.0664 e. The van der Waals surface area contributed by atoms with Crippen LogP contribution in [0.3, 0.4) is 0 Å². The largest absolute Gasteiger partial charge is 0.304 e. The molecule has 100 valence electrons. The first-order chi connectivity index (χ1) is 8.70. The van der Waals surface area contributed by atoms with Crippen molar-refractivity contribution in [3.63, 3.8) is 0 Å². The molecule has 0 fully saturated rings. The summed E-state index contributed by atoms with van der Waals surface area (Å²) in [4.78, 5) is 0. The Morgan fingerprint density at radius 1 is 1.05 bits per heavy atom. The molecule has 2 heteroatoms. The number of rotatable bonds is 1. The number of nitrogens with one attached hydrogen (secondary N) is 1. The molecular weight excluding hydrogens is 254 g/mol. The fourth-order valence-corrected chi connectivity index (χ4v) is 2.99. The first-order valence-corrected chi connectivity index (χ1v) is 6.61. The zero-order valence-corrected chi connectivity index (χ0v) is 12.3. The Morgan fingerprint density at radius 3 is 2.53 bits per heavy atom. The molecular formula is C17H20ClN. The van der Waals surface area contributed by atoms with E-state index in [4.69, 9.17) is 0 Å². The highest BCUT2D eigenvalue weighted by Gasteiger charge is 2.32. The van der Waals surface area contributed by atoms with Crippen molar-refractivity contribution in [2.24, 2.45) is 0 Å². The van der Waals surface area contributed by atoms with Gasteiger partial charge in [0.2, 0.25) is 0 Å². The molecule has 1 aliphatic heterocycles. The van der Waals surface area contributed by atoms with E-state index in [2.05, 4.69) is 67.7 Å². The van der Waals surface area contributed by atoms with E-state index in [1.807, 2.05) is 0 Å². The second-order valence-electron chi connectivity index (χ2n) is 5.33. The highest BCUT2D eigenvalue weighted by molar-refractivity contribution is 5.85. The summed E-state index contributed by atoms with van der Waals surface area (Å²) in [6.07, 6.45) is 1.12. The molecule has 0 radical (unpaired) electrons. The lowest BCUT2D eigenvalue weighted by Crippen LogP contribution is -2.45. The predicted molar refractivity (Wildman–Crippen MR) is 83.0 cm³/mol. The lowest BCUT2D eigenvalue weighted by molar-refractivity contribution is 0.414. The van der Waals surface area contributed by atoms with Gasteiger partial charge in [0.1, 0.15) is 0 Å². The highest BCUT2D eigenvalue weighted by atomic mass is 35.5. The molecule has 0 spiro atoms. The van der Waals surface area contributed by atoms with Crippen molar-refractivity contribution in [1.82, 2.24) is 5.32 Å². The van der Waals surface area contributed by atoms with E-state index in [1.165, 1.54) is 22.3 Å². The third kappa shape index (κ3) is 2.41. The summed E-state index contributed by atoms with van der Waals surface area (Å²) in [6, 6.07) is 17.6. The Bertz CT molecular complexity index is 565. The molecule has 0 aliphatic carbocycles. The molecule has 3 rings (SSSR count). The van der Waals surface area contributed by atoms with Crippen molar-refractivity contribution in [2.75, 3.05) is 6.54 Å². The van der Waals surface area contributed by atoms with Gasteiger partial charge in [-0.15, -0.1) is 12.4 Å². The molecule has 0 saturated heterocycles. The topological polar surface area (TPSA) is 12.0 Å². The summed E-state index contributed by atoms with van der Waals surface area (Å²) < 4.78 is 0. The molecule has 1 aliphatic rings. The number of hydrogen-bond acceptors (Lipinski definition) is 1. The quantitative estimate of drug-likeness (QED) is 0.833. The number of hydrogen-bond donors (Lipinski definition) is 1. The maximum absolute atomic E-state index is 3.69. The monoisotopic (exact) mass is 273 g/mol. The summed E-state index contributed by atoms with van der Waals surface area (Å²) in [6.45, 7) is 5.50. The Hall–Kier alpha value is -1.31. The standard InChI is InChI=1S/C17H19N.ClH/c1-13-8-9-16-14(12-13)10-11-18-17(16,2)15-6-4-3-5-7-15;/h3-9,12,18H,10-11H2,1-2H3;1H. The zero-order valence-electron chi connectivity index (χ0n) is 11.4. The average Bonchev–Trinajstić information content (AvgIpc) is 2.40. The summed E-state index contributed by atoms with van der Waals surface area (Å²) in [5, 5.41) is 3.69. The number of benzene rings is 2. The Kier molecular flexibility index (Phi) is 3.98. The Balaban J connectivity index is 0.00000133.